The molecule has 20 heavy (non-hydrogen) atoms. The Morgan fingerprint density at radius 3 is 3.05 bits per heavy atom. The van der Waals surface area contributed by atoms with Gasteiger partial charge in [-0.25, -0.2) is 4.98 Å². The van der Waals surface area contributed by atoms with Gasteiger partial charge in [0, 0.05) is 23.1 Å². The highest BCUT2D eigenvalue weighted by atomic mass is 32.2. The van der Waals surface area contributed by atoms with Crippen LogP contribution >= 0.6 is 11.8 Å². The number of aromatic nitrogens is 2. The molecule has 0 aromatic carbocycles. The summed E-state index contributed by atoms with van der Waals surface area (Å²) >= 11 is 1.93. The zero-order valence-electron chi connectivity index (χ0n) is 11.7. The zero-order valence-corrected chi connectivity index (χ0v) is 12.5. The van der Waals surface area contributed by atoms with Crippen molar-refractivity contribution in [2.24, 2.45) is 5.92 Å². The van der Waals surface area contributed by atoms with E-state index in [1.54, 1.807) is 0 Å². The Balaban J connectivity index is 1.51. The minimum Gasteiger partial charge on any atom is -0.393 e. The average Bonchev–Trinajstić information content (AvgIpc) is 3.16. The van der Waals surface area contributed by atoms with Gasteiger partial charge < -0.3 is 9.67 Å². The number of rotatable bonds is 3. The standard InChI is InChI=1S/C16H22N2OS/c19-15(11-4-2-1-3-5-11)8-13-16-12(6-7-20-16)14-9-17-10-18(13)14/h6-7,9-13,15-16,19H,1-5,8H2. The van der Waals surface area contributed by atoms with Gasteiger partial charge >= 0.3 is 0 Å². The minimum absolute atomic E-state index is 0.143. The van der Waals surface area contributed by atoms with Gasteiger partial charge in [0.15, 0.2) is 0 Å². The molecule has 3 nitrogen and oxygen atoms in total. The van der Waals surface area contributed by atoms with Crippen LogP contribution in [0, 0.1) is 5.92 Å². The van der Waals surface area contributed by atoms with E-state index in [9.17, 15) is 5.11 Å². The third kappa shape index (κ3) is 2.04. The first-order valence-corrected chi connectivity index (χ1v) is 8.81. The highest BCUT2D eigenvalue weighted by molar-refractivity contribution is 8.03. The summed E-state index contributed by atoms with van der Waals surface area (Å²) in [5.74, 6) is 1.03. The normalized spacial score (nSPS) is 34.1. The van der Waals surface area contributed by atoms with Crippen LogP contribution in [0.5, 0.6) is 0 Å². The van der Waals surface area contributed by atoms with Gasteiger partial charge in [-0.1, -0.05) is 25.3 Å². The van der Waals surface area contributed by atoms with Crippen molar-refractivity contribution in [2.45, 2.75) is 61.8 Å². The van der Waals surface area contributed by atoms with Crippen LogP contribution in [0.1, 0.15) is 56.2 Å². The van der Waals surface area contributed by atoms with Crippen molar-refractivity contribution in [3.8, 4) is 0 Å². The topological polar surface area (TPSA) is 38.1 Å². The lowest BCUT2D eigenvalue weighted by atomic mass is 9.82. The molecule has 4 atom stereocenters. The number of aliphatic hydroxyl groups is 1. The van der Waals surface area contributed by atoms with Gasteiger partial charge in [-0.3, -0.25) is 0 Å². The maximum absolute atomic E-state index is 10.7. The molecule has 0 saturated heterocycles. The molecule has 0 radical (unpaired) electrons. The van der Waals surface area contributed by atoms with Gasteiger partial charge in [0.25, 0.3) is 0 Å². The molecule has 4 unspecified atom stereocenters. The average molecular weight is 290 g/mol. The molecule has 2 aliphatic heterocycles. The fourth-order valence-corrected chi connectivity index (χ4v) is 5.49. The number of allylic oxidation sites excluding steroid dienone is 1. The molecule has 4 rings (SSSR count). The molecule has 1 aromatic heterocycles. The van der Waals surface area contributed by atoms with Crippen LogP contribution in [0.25, 0.3) is 0 Å². The van der Waals surface area contributed by atoms with E-state index in [1.807, 2.05) is 24.3 Å². The molecule has 4 heteroatoms. The highest BCUT2D eigenvalue weighted by Gasteiger charge is 2.43. The summed E-state index contributed by atoms with van der Waals surface area (Å²) < 4.78 is 2.32. The summed E-state index contributed by atoms with van der Waals surface area (Å²) in [6.45, 7) is 0. The summed E-state index contributed by atoms with van der Waals surface area (Å²) in [6, 6.07) is 0.412. The van der Waals surface area contributed by atoms with E-state index in [2.05, 4.69) is 21.0 Å². The fourth-order valence-electron chi connectivity index (χ4n) is 4.23. The number of imidazole rings is 1. The summed E-state index contributed by atoms with van der Waals surface area (Å²) in [6.07, 6.45) is 13.4. The van der Waals surface area contributed by atoms with Crippen LogP contribution in [0.4, 0.5) is 0 Å². The molecule has 1 aliphatic carbocycles. The Kier molecular flexibility index (Phi) is 3.39. The predicted octanol–water partition coefficient (Wildman–Crippen LogP) is 3.48. The fraction of sp³-hybridized carbons (Fsp3) is 0.688. The summed E-state index contributed by atoms with van der Waals surface area (Å²) in [4.78, 5) is 4.31. The predicted molar refractivity (Wildman–Crippen MR) is 81.7 cm³/mol. The number of nitrogens with zero attached hydrogens (tertiary/aromatic N) is 2. The molecule has 1 saturated carbocycles. The smallest absolute Gasteiger partial charge is 0.0951 e. The molecule has 1 N–H and O–H groups in total. The Morgan fingerprint density at radius 1 is 1.35 bits per heavy atom. The van der Waals surface area contributed by atoms with E-state index in [-0.39, 0.29) is 6.10 Å². The van der Waals surface area contributed by atoms with Gasteiger partial charge in [0.05, 0.1) is 18.5 Å². The number of thioether (sulfide) groups is 1. The first-order valence-electron chi connectivity index (χ1n) is 7.86. The van der Waals surface area contributed by atoms with E-state index >= 15 is 0 Å². The Bertz CT molecular complexity index is 506. The number of aliphatic hydroxyl groups excluding tert-OH is 1. The third-order valence-corrected chi connectivity index (χ3v) is 6.56. The van der Waals surface area contributed by atoms with E-state index < -0.39 is 0 Å². The number of hydrogen-bond donors (Lipinski definition) is 1. The van der Waals surface area contributed by atoms with Crippen molar-refractivity contribution in [1.82, 2.24) is 9.55 Å². The molecule has 3 heterocycles. The van der Waals surface area contributed by atoms with Crippen molar-refractivity contribution in [3.05, 3.63) is 29.7 Å². The molecular weight excluding hydrogens is 268 g/mol. The van der Waals surface area contributed by atoms with Crippen molar-refractivity contribution >= 4 is 11.8 Å². The quantitative estimate of drug-likeness (QED) is 0.926. The Morgan fingerprint density at radius 2 is 2.20 bits per heavy atom. The van der Waals surface area contributed by atoms with E-state index in [0.29, 0.717) is 23.1 Å². The molecule has 0 amide bonds. The van der Waals surface area contributed by atoms with E-state index in [0.717, 1.165) is 6.42 Å². The minimum atomic E-state index is -0.143. The number of hydrogen-bond acceptors (Lipinski definition) is 3. The molecule has 0 bridgehead atoms. The summed E-state index contributed by atoms with van der Waals surface area (Å²) in [5.41, 5.74) is 1.33. The highest BCUT2D eigenvalue weighted by Crippen LogP contribution is 2.50. The first kappa shape index (κ1) is 13.0. The lowest BCUT2D eigenvalue weighted by molar-refractivity contribution is 0.0649. The lowest BCUT2D eigenvalue weighted by Gasteiger charge is -2.30. The van der Waals surface area contributed by atoms with Gasteiger partial charge in [0.2, 0.25) is 0 Å². The zero-order chi connectivity index (χ0) is 13.5. The molecule has 0 spiro atoms. The van der Waals surface area contributed by atoms with Gasteiger partial charge in [-0.2, -0.15) is 0 Å². The van der Waals surface area contributed by atoms with Crippen molar-refractivity contribution < 1.29 is 5.11 Å². The molecule has 3 aliphatic rings. The lowest BCUT2D eigenvalue weighted by Crippen LogP contribution is -2.28. The molecule has 1 aromatic rings. The molecule has 1 fully saturated rings. The maximum atomic E-state index is 10.7. The number of fused-ring (bicyclic) bond motifs is 3. The van der Waals surface area contributed by atoms with Crippen LogP contribution in [0.15, 0.2) is 24.0 Å². The van der Waals surface area contributed by atoms with E-state index in [1.165, 1.54) is 37.8 Å². The Labute approximate surface area is 124 Å². The van der Waals surface area contributed by atoms with Crippen LogP contribution < -0.4 is 0 Å². The van der Waals surface area contributed by atoms with Gasteiger partial charge in [-0.05, 0) is 30.6 Å². The van der Waals surface area contributed by atoms with Crippen LogP contribution in [0.2, 0.25) is 0 Å². The molecular formula is C16H22N2OS. The summed E-state index contributed by atoms with van der Waals surface area (Å²) in [7, 11) is 0. The van der Waals surface area contributed by atoms with Gasteiger partial charge in [-0.15, -0.1) is 11.8 Å². The maximum Gasteiger partial charge on any atom is 0.0951 e. The second-order valence-corrected chi connectivity index (χ2v) is 7.54. The van der Waals surface area contributed by atoms with Gasteiger partial charge in [0.1, 0.15) is 0 Å². The van der Waals surface area contributed by atoms with Crippen molar-refractivity contribution in [3.63, 3.8) is 0 Å². The van der Waals surface area contributed by atoms with E-state index in [4.69, 9.17) is 0 Å². The summed E-state index contributed by atoms with van der Waals surface area (Å²) in [5, 5.41) is 13.5. The van der Waals surface area contributed by atoms with Crippen LogP contribution in [-0.4, -0.2) is 26.0 Å². The monoisotopic (exact) mass is 290 g/mol. The van der Waals surface area contributed by atoms with Crippen molar-refractivity contribution in [2.75, 3.05) is 0 Å². The SMILES string of the molecule is OC(CC1C2SC=CC2c2cncn21)C1CCCCC1. The Hall–Kier alpha value is -0.740. The third-order valence-electron chi connectivity index (χ3n) is 5.33. The van der Waals surface area contributed by atoms with Crippen molar-refractivity contribution in [1.29, 1.82) is 0 Å². The van der Waals surface area contributed by atoms with Crippen LogP contribution in [0.3, 0.4) is 0 Å². The second-order valence-electron chi connectivity index (χ2n) is 6.45. The second kappa shape index (κ2) is 5.23. The largest absolute Gasteiger partial charge is 0.393 e. The van der Waals surface area contributed by atoms with Crippen LogP contribution in [-0.2, 0) is 0 Å². The first-order chi connectivity index (χ1) is 9.84. The molecule has 108 valence electrons.